The molecule has 1 heterocycles. The van der Waals surface area contributed by atoms with Crippen molar-refractivity contribution in [1.29, 1.82) is 0 Å². The molecule has 2 aromatic carbocycles. The molecule has 0 unspecified atom stereocenters. The summed E-state index contributed by atoms with van der Waals surface area (Å²) in [5, 5.41) is 11.4. The van der Waals surface area contributed by atoms with Crippen molar-refractivity contribution in [3.05, 3.63) is 64.2 Å². The first kappa shape index (κ1) is 22.7. The van der Waals surface area contributed by atoms with Crippen LogP contribution in [0.25, 0.3) is 5.76 Å². The van der Waals surface area contributed by atoms with Crippen LogP contribution < -0.4 is 9.47 Å². The normalized spacial score (nSPS) is 18.0. The molecule has 0 aromatic heterocycles. The van der Waals surface area contributed by atoms with Crippen LogP contribution in [0.4, 0.5) is 0 Å². The van der Waals surface area contributed by atoms with E-state index < -0.39 is 17.7 Å². The Morgan fingerprint density at radius 2 is 1.77 bits per heavy atom. The third-order valence-electron chi connectivity index (χ3n) is 5.18. The topological polar surface area (TPSA) is 79.3 Å². The van der Waals surface area contributed by atoms with Gasteiger partial charge in [-0.25, -0.2) is 0 Å². The predicted octanol–water partition coefficient (Wildman–Crippen LogP) is 3.34. The molecule has 1 aliphatic rings. The third kappa shape index (κ3) is 4.52. The fraction of sp³-hybridized carbons (Fsp3) is 0.304. The average molecular weight is 445 g/mol. The molecular weight excluding hydrogens is 420 g/mol. The summed E-state index contributed by atoms with van der Waals surface area (Å²) in [6.07, 6.45) is 0. The number of ketones is 1. The van der Waals surface area contributed by atoms with Crippen molar-refractivity contribution in [2.45, 2.75) is 6.04 Å². The molecule has 0 saturated carbocycles. The van der Waals surface area contributed by atoms with E-state index in [0.29, 0.717) is 35.7 Å². The number of Topliss-reactive ketones (excluding diaryl/α,β-unsaturated/α-hetero) is 1. The van der Waals surface area contributed by atoms with E-state index in [1.165, 1.54) is 18.1 Å². The molecule has 8 heteroatoms. The van der Waals surface area contributed by atoms with Crippen molar-refractivity contribution in [1.82, 2.24) is 9.80 Å². The smallest absolute Gasteiger partial charge is 0.295 e. The first-order valence-corrected chi connectivity index (χ1v) is 10.1. The second kappa shape index (κ2) is 9.41. The van der Waals surface area contributed by atoms with Gasteiger partial charge in [-0.3, -0.25) is 9.59 Å². The van der Waals surface area contributed by atoms with E-state index in [-0.39, 0.29) is 16.4 Å². The summed E-state index contributed by atoms with van der Waals surface area (Å²) in [6.45, 7) is 0.891. The Labute approximate surface area is 186 Å². The number of amides is 1. The number of rotatable bonds is 7. The molecule has 1 saturated heterocycles. The van der Waals surface area contributed by atoms with Crippen molar-refractivity contribution in [3.63, 3.8) is 0 Å². The van der Waals surface area contributed by atoms with Gasteiger partial charge in [0.05, 0.1) is 30.9 Å². The van der Waals surface area contributed by atoms with Crippen molar-refractivity contribution in [2.75, 3.05) is 41.4 Å². The maximum atomic E-state index is 13.0. The number of methoxy groups -OCH3 is 2. The summed E-state index contributed by atoms with van der Waals surface area (Å²) in [6, 6.07) is 11.1. The fourth-order valence-electron chi connectivity index (χ4n) is 3.52. The molecule has 1 amide bonds. The summed E-state index contributed by atoms with van der Waals surface area (Å²) < 4.78 is 10.4. The number of halogens is 1. The highest BCUT2D eigenvalue weighted by Gasteiger charge is 2.45. The van der Waals surface area contributed by atoms with Gasteiger partial charge in [0.25, 0.3) is 11.7 Å². The Hall–Kier alpha value is -3.03. The van der Waals surface area contributed by atoms with Gasteiger partial charge in [-0.1, -0.05) is 23.7 Å². The Morgan fingerprint density at radius 3 is 2.32 bits per heavy atom. The zero-order valence-corrected chi connectivity index (χ0v) is 18.6. The number of likely N-dealkylation sites (N-methyl/N-ethyl adjacent to an activating group) is 1. The van der Waals surface area contributed by atoms with Crippen molar-refractivity contribution < 1.29 is 24.2 Å². The monoisotopic (exact) mass is 444 g/mol. The second-order valence-corrected chi connectivity index (χ2v) is 7.83. The van der Waals surface area contributed by atoms with E-state index in [0.717, 1.165) is 0 Å². The van der Waals surface area contributed by atoms with Gasteiger partial charge in [-0.2, -0.15) is 0 Å². The Morgan fingerprint density at radius 1 is 1.10 bits per heavy atom. The minimum atomic E-state index is -0.732. The van der Waals surface area contributed by atoms with Gasteiger partial charge in [0, 0.05) is 18.7 Å². The lowest BCUT2D eigenvalue weighted by molar-refractivity contribution is -0.140. The second-order valence-electron chi connectivity index (χ2n) is 7.42. The molecule has 0 aliphatic carbocycles. The number of hydrogen-bond donors (Lipinski definition) is 1. The molecule has 0 bridgehead atoms. The van der Waals surface area contributed by atoms with Crippen molar-refractivity contribution in [3.8, 4) is 11.5 Å². The molecular formula is C23H25ClN2O5. The lowest BCUT2D eigenvalue weighted by Gasteiger charge is -2.26. The number of benzene rings is 2. The molecule has 0 radical (unpaired) electrons. The van der Waals surface area contributed by atoms with Crippen molar-refractivity contribution in [2.24, 2.45) is 0 Å². The molecule has 0 spiro atoms. The van der Waals surface area contributed by atoms with Crippen LogP contribution >= 0.6 is 11.6 Å². The van der Waals surface area contributed by atoms with Gasteiger partial charge < -0.3 is 24.4 Å². The van der Waals surface area contributed by atoms with Crippen LogP contribution in [0.1, 0.15) is 17.2 Å². The highest BCUT2D eigenvalue weighted by molar-refractivity contribution is 6.46. The van der Waals surface area contributed by atoms with E-state index in [1.807, 2.05) is 19.0 Å². The fourth-order valence-corrected chi connectivity index (χ4v) is 3.78. The number of carbonyl (C=O) groups is 2. The molecule has 2 aromatic rings. The largest absolute Gasteiger partial charge is 0.507 e. The van der Waals surface area contributed by atoms with Crippen LogP contribution in [0.3, 0.4) is 0 Å². The molecule has 3 rings (SSSR count). The number of aliphatic hydroxyl groups is 1. The van der Waals surface area contributed by atoms with Crippen LogP contribution in [0.5, 0.6) is 11.5 Å². The van der Waals surface area contributed by atoms with Gasteiger partial charge in [0.15, 0.2) is 0 Å². The molecule has 31 heavy (non-hydrogen) atoms. The van der Waals surface area contributed by atoms with Crippen LogP contribution in [-0.2, 0) is 9.59 Å². The summed E-state index contributed by atoms with van der Waals surface area (Å²) >= 11 is 6.20. The van der Waals surface area contributed by atoms with Gasteiger partial charge in [0.1, 0.15) is 17.3 Å². The Balaban J connectivity index is 2.14. The third-order valence-corrected chi connectivity index (χ3v) is 5.48. The maximum absolute atomic E-state index is 13.0. The van der Waals surface area contributed by atoms with Gasteiger partial charge in [-0.15, -0.1) is 0 Å². The lowest BCUT2D eigenvalue weighted by Crippen LogP contribution is -2.35. The number of hydrogen-bond acceptors (Lipinski definition) is 6. The maximum Gasteiger partial charge on any atom is 0.295 e. The molecule has 1 N–H and O–H groups in total. The van der Waals surface area contributed by atoms with E-state index in [2.05, 4.69) is 0 Å². The quantitative estimate of drug-likeness (QED) is 0.401. The number of ether oxygens (including phenoxy) is 2. The highest BCUT2D eigenvalue weighted by Crippen LogP contribution is 2.40. The van der Waals surface area contributed by atoms with Crippen LogP contribution in [0, 0.1) is 0 Å². The first-order valence-electron chi connectivity index (χ1n) is 9.69. The summed E-state index contributed by atoms with van der Waals surface area (Å²) in [5.74, 6) is -0.573. The summed E-state index contributed by atoms with van der Waals surface area (Å²) in [4.78, 5) is 29.3. The molecule has 164 valence electrons. The van der Waals surface area contributed by atoms with Crippen LogP contribution in [-0.4, -0.2) is 68.0 Å². The van der Waals surface area contributed by atoms with Gasteiger partial charge in [0.2, 0.25) is 0 Å². The molecule has 1 aliphatic heterocycles. The van der Waals surface area contributed by atoms with Gasteiger partial charge >= 0.3 is 0 Å². The lowest BCUT2D eigenvalue weighted by atomic mass is 9.95. The average Bonchev–Trinajstić information content (AvgIpc) is 3.01. The summed E-state index contributed by atoms with van der Waals surface area (Å²) in [5.41, 5.74) is 1.05. The standard InChI is InChI=1S/C23H25ClN2O5/c1-25(2)11-12-26-20(14-5-8-16(30-3)9-6-14)19(22(28)23(26)29)21(27)15-7-10-18(31-4)17(24)13-15/h5-10,13,20,27H,11-12H2,1-4H3/t20-/m0/s1. The van der Waals surface area contributed by atoms with E-state index in [4.69, 9.17) is 21.1 Å². The van der Waals surface area contributed by atoms with E-state index >= 15 is 0 Å². The highest BCUT2D eigenvalue weighted by atomic mass is 35.5. The minimum Gasteiger partial charge on any atom is -0.507 e. The molecule has 1 fully saturated rings. The van der Waals surface area contributed by atoms with Gasteiger partial charge in [-0.05, 0) is 50.0 Å². The van der Waals surface area contributed by atoms with E-state index in [1.54, 1.807) is 43.5 Å². The van der Waals surface area contributed by atoms with Crippen molar-refractivity contribution >= 4 is 29.1 Å². The SMILES string of the molecule is COc1ccc([C@H]2C(=C(O)c3ccc(OC)c(Cl)c3)C(=O)C(=O)N2CCN(C)C)cc1. The zero-order valence-electron chi connectivity index (χ0n) is 17.9. The van der Waals surface area contributed by atoms with Crippen LogP contribution in [0.15, 0.2) is 48.0 Å². The first-order chi connectivity index (χ1) is 14.8. The number of carbonyl (C=O) groups excluding carboxylic acids is 2. The number of likely N-dealkylation sites (tertiary alicyclic amines) is 1. The number of aliphatic hydroxyl groups excluding tert-OH is 1. The van der Waals surface area contributed by atoms with E-state index in [9.17, 15) is 14.7 Å². The zero-order chi connectivity index (χ0) is 22.7. The van der Waals surface area contributed by atoms with Crippen LogP contribution in [0.2, 0.25) is 5.02 Å². The number of nitrogens with zero attached hydrogens (tertiary/aromatic N) is 2. The molecule has 7 nitrogen and oxygen atoms in total. The molecule has 1 atom stereocenters. The summed E-state index contributed by atoms with van der Waals surface area (Å²) in [7, 11) is 6.82. The predicted molar refractivity (Wildman–Crippen MR) is 119 cm³/mol. The minimum absolute atomic E-state index is 0.0233. The Kier molecular flexibility index (Phi) is 6.87. The Bertz CT molecular complexity index is 1020.